The number of nitrogens with one attached hydrogen (secondary N) is 1. The standard InChI is InChI=1S/C26H27N3O4/c30-25(27-32)24(19-20-8-7-13-23(18-20)33-22-11-5-2-6-12-22)26(31)29-16-14-28(15-17-29)21-9-3-1-4-10-21/h1-13,18,24,32H,14-17,19H2,(H,27,30). The Hall–Kier alpha value is -3.84. The Kier molecular flexibility index (Phi) is 7.22. The lowest BCUT2D eigenvalue weighted by Gasteiger charge is -2.37. The Bertz CT molecular complexity index is 1070. The van der Waals surface area contributed by atoms with Crippen LogP contribution in [0.1, 0.15) is 5.56 Å². The van der Waals surface area contributed by atoms with Crippen LogP contribution in [0.15, 0.2) is 84.9 Å². The van der Waals surface area contributed by atoms with Crippen LogP contribution in [0, 0.1) is 5.92 Å². The largest absolute Gasteiger partial charge is 0.457 e. The van der Waals surface area contributed by atoms with E-state index in [-0.39, 0.29) is 12.3 Å². The van der Waals surface area contributed by atoms with Crippen molar-refractivity contribution in [1.29, 1.82) is 0 Å². The molecule has 7 heteroatoms. The fourth-order valence-electron chi connectivity index (χ4n) is 4.01. The number of anilines is 1. The SMILES string of the molecule is O=C(NO)C(Cc1cccc(Oc2ccccc2)c1)C(=O)N1CCN(c2ccccc2)CC1. The summed E-state index contributed by atoms with van der Waals surface area (Å²) in [6.07, 6.45) is 0.163. The highest BCUT2D eigenvalue weighted by molar-refractivity contribution is 6.00. The van der Waals surface area contributed by atoms with E-state index in [9.17, 15) is 14.8 Å². The molecule has 4 rings (SSSR count). The van der Waals surface area contributed by atoms with Gasteiger partial charge in [-0.05, 0) is 48.4 Å². The van der Waals surface area contributed by atoms with Crippen LogP contribution in [0.4, 0.5) is 5.69 Å². The predicted molar refractivity (Wildman–Crippen MR) is 125 cm³/mol. The number of hydrogen-bond donors (Lipinski definition) is 2. The maximum atomic E-state index is 13.2. The molecule has 7 nitrogen and oxygen atoms in total. The summed E-state index contributed by atoms with van der Waals surface area (Å²) < 4.78 is 5.87. The molecule has 1 unspecified atom stereocenters. The van der Waals surface area contributed by atoms with Gasteiger partial charge in [0.05, 0.1) is 0 Å². The van der Waals surface area contributed by atoms with Crippen molar-refractivity contribution < 1.29 is 19.5 Å². The first-order chi connectivity index (χ1) is 16.1. The van der Waals surface area contributed by atoms with E-state index in [2.05, 4.69) is 4.90 Å². The first-order valence-electron chi connectivity index (χ1n) is 11.0. The lowest BCUT2D eigenvalue weighted by atomic mass is 9.96. The number of carbonyl (C=O) groups is 2. The van der Waals surface area contributed by atoms with E-state index >= 15 is 0 Å². The van der Waals surface area contributed by atoms with Crippen molar-refractivity contribution in [2.75, 3.05) is 31.1 Å². The lowest BCUT2D eigenvalue weighted by Crippen LogP contribution is -2.52. The zero-order valence-electron chi connectivity index (χ0n) is 18.3. The number of para-hydroxylation sites is 2. The van der Waals surface area contributed by atoms with Crippen molar-refractivity contribution in [2.24, 2.45) is 5.92 Å². The Morgan fingerprint density at radius 3 is 2.15 bits per heavy atom. The molecule has 3 aromatic carbocycles. The van der Waals surface area contributed by atoms with Gasteiger partial charge in [0, 0.05) is 31.9 Å². The van der Waals surface area contributed by atoms with Crippen molar-refractivity contribution in [3.05, 3.63) is 90.5 Å². The molecule has 1 fully saturated rings. The minimum Gasteiger partial charge on any atom is -0.457 e. The van der Waals surface area contributed by atoms with Crippen LogP contribution in [0.2, 0.25) is 0 Å². The van der Waals surface area contributed by atoms with Crippen LogP contribution in [-0.2, 0) is 16.0 Å². The molecule has 1 aliphatic heterocycles. The zero-order valence-corrected chi connectivity index (χ0v) is 18.3. The second-order valence-corrected chi connectivity index (χ2v) is 7.94. The topological polar surface area (TPSA) is 82.1 Å². The number of hydroxylamine groups is 1. The fraction of sp³-hybridized carbons (Fsp3) is 0.231. The normalized spacial score (nSPS) is 14.5. The quantitative estimate of drug-likeness (QED) is 0.331. The van der Waals surface area contributed by atoms with Crippen molar-refractivity contribution in [3.8, 4) is 11.5 Å². The Balaban J connectivity index is 1.43. The van der Waals surface area contributed by atoms with Gasteiger partial charge < -0.3 is 14.5 Å². The van der Waals surface area contributed by atoms with Gasteiger partial charge in [-0.3, -0.25) is 14.8 Å². The molecular weight excluding hydrogens is 418 g/mol. The third-order valence-electron chi connectivity index (χ3n) is 5.75. The van der Waals surface area contributed by atoms with Crippen LogP contribution in [0.3, 0.4) is 0 Å². The van der Waals surface area contributed by atoms with E-state index in [0.717, 1.165) is 11.3 Å². The van der Waals surface area contributed by atoms with Gasteiger partial charge in [-0.25, -0.2) is 5.48 Å². The number of carbonyl (C=O) groups excluding carboxylic acids is 2. The third kappa shape index (κ3) is 5.70. The molecule has 0 aromatic heterocycles. The van der Waals surface area contributed by atoms with Gasteiger partial charge in [0.1, 0.15) is 17.4 Å². The highest BCUT2D eigenvalue weighted by atomic mass is 16.5. The molecule has 1 atom stereocenters. The van der Waals surface area contributed by atoms with Gasteiger partial charge >= 0.3 is 0 Å². The number of amides is 2. The Morgan fingerprint density at radius 2 is 1.48 bits per heavy atom. The molecule has 2 amide bonds. The highest BCUT2D eigenvalue weighted by Gasteiger charge is 2.32. The monoisotopic (exact) mass is 445 g/mol. The summed E-state index contributed by atoms with van der Waals surface area (Å²) in [7, 11) is 0. The molecule has 0 radical (unpaired) electrons. The average Bonchev–Trinajstić information content (AvgIpc) is 2.88. The van der Waals surface area contributed by atoms with Crippen LogP contribution in [0.25, 0.3) is 0 Å². The maximum Gasteiger partial charge on any atom is 0.256 e. The van der Waals surface area contributed by atoms with E-state index in [1.54, 1.807) is 10.4 Å². The first-order valence-corrected chi connectivity index (χ1v) is 11.0. The molecule has 1 aliphatic rings. The van der Waals surface area contributed by atoms with Gasteiger partial charge in [-0.1, -0.05) is 48.5 Å². The molecule has 0 saturated carbocycles. The summed E-state index contributed by atoms with van der Waals surface area (Å²) >= 11 is 0. The number of ether oxygens (including phenoxy) is 1. The van der Waals surface area contributed by atoms with E-state index in [1.165, 1.54) is 0 Å². The van der Waals surface area contributed by atoms with Crippen LogP contribution in [0.5, 0.6) is 11.5 Å². The predicted octanol–water partition coefficient (Wildman–Crippen LogP) is 3.49. The second kappa shape index (κ2) is 10.7. The minimum absolute atomic E-state index is 0.163. The Morgan fingerprint density at radius 1 is 0.848 bits per heavy atom. The minimum atomic E-state index is -1.02. The summed E-state index contributed by atoms with van der Waals surface area (Å²) in [4.78, 5) is 29.6. The summed E-state index contributed by atoms with van der Waals surface area (Å²) in [5, 5.41) is 9.27. The zero-order chi connectivity index (χ0) is 23.0. The summed E-state index contributed by atoms with van der Waals surface area (Å²) in [6, 6.07) is 26.7. The molecule has 2 N–H and O–H groups in total. The summed E-state index contributed by atoms with van der Waals surface area (Å²) in [6.45, 7) is 2.40. The van der Waals surface area contributed by atoms with Crippen molar-refractivity contribution in [2.45, 2.75) is 6.42 Å². The maximum absolute atomic E-state index is 13.2. The number of piperazine rings is 1. The Labute approximate surface area is 193 Å². The number of nitrogens with zero attached hydrogens (tertiary/aromatic N) is 2. The molecule has 33 heavy (non-hydrogen) atoms. The van der Waals surface area contributed by atoms with E-state index in [0.29, 0.717) is 37.7 Å². The molecule has 1 heterocycles. The molecular formula is C26H27N3O4. The number of hydrogen-bond acceptors (Lipinski definition) is 5. The van der Waals surface area contributed by atoms with E-state index in [4.69, 9.17) is 4.74 Å². The van der Waals surface area contributed by atoms with Crippen molar-refractivity contribution in [3.63, 3.8) is 0 Å². The summed E-state index contributed by atoms with van der Waals surface area (Å²) in [5.41, 5.74) is 3.55. The van der Waals surface area contributed by atoms with E-state index in [1.807, 2.05) is 84.9 Å². The van der Waals surface area contributed by atoms with Crippen LogP contribution < -0.4 is 15.1 Å². The first kappa shape index (κ1) is 22.4. The molecule has 0 spiro atoms. The second-order valence-electron chi connectivity index (χ2n) is 7.94. The van der Waals surface area contributed by atoms with Crippen molar-refractivity contribution in [1.82, 2.24) is 10.4 Å². The average molecular weight is 446 g/mol. The molecule has 0 bridgehead atoms. The van der Waals surface area contributed by atoms with Gasteiger partial charge in [0.2, 0.25) is 5.91 Å². The lowest BCUT2D eigenvalue weighted by molar-refractivity contribution is -0.146. The molecule has 1 saturated heterocycles. The van der Waals surface area contributed by atoms with Gasteiger partial charge in [-0.15, -0.1) is 0 Å². The number of benzene rings is 3. The van der Waals surface area contributed by atoms with Crippen LogP contribution in [-0.4, -0.2) is 48.1 Å². The fourth-order valence-corrected chi connectivity index (χ4v) is 4.01. The van der Waals surface area contributed by atoms with Gasteiger partial charge in [0.25, 0.3) is 5.91 Å². The highest BCUT2D eigenvalue weighted by Crippen LogP contribution is 2.24. The summed E-state index contributed by atoms with van der Waals surface area (Å²) in [5.74, 6) is -0.703. The molecule has 3 aromatic rings. The van der Waals surface area contributed by atoms with Crippen molar-refractivity contribution >= 4 is 17.5 Å². The number of rotatable bonds is 7. The van der Waals surface area contributed by atoms with E-state index < -0.39 is 11.8 Å². The van der Waals surface area contributed by atoms with Gasteiger partial charge in [0.15, 0.2) is 0 Å². The molecule has 0 aliphatic carbocycles. The van der Waals surface area contributed by atoms with Crippen LogP contribution >= 0.6 is 0 Å². The third-order valence-corrected chi connectivity index (χ3v) is 5.75. The molecule has 170 valence electrons. The smallest absolute Gasteiger partial charge is 0.256 e. The van der Waals surface area contributed by atoms with Gasteiger partial charge in [-0.2, -0.15) is 0 Å².